The van der Waals surface area contributed by atoms with E-state index in [4.69, 9.17) is 0 Å². The molecule has 0 unspecified atom stereocenters. The molecule has 0 saturated carbocycles. The van der Waals surface area contributed by atoms with Crippen LogP contribution in [0.2, 0.25) is 0 Å². The van der Waals surface area contributed by atoms with Crippen LogP contribution in [0.4, 0.5) is 0 Å². The van der Waals surface area contributed by atoms with E-state index in [-0.39, 0.29) is 11.3 Å². The van der Waals surface area contributed by atoms with E-state index >= 15 is 0 Å². The third-order valence-corrected chi connectivity index (χ3v) is 5.98. The fourth-order valence-electron chi connectivity index (χ4n) is 4.09. The Kier molecular flexibility index (Phi) is 5.21. The van der Waals surface area contributed by atoms with Crippen molar-refractivity contribution >= 4 is 17.2 Å². The second-order valence-electron chi connectivity index (χ2n) is 9.35. The second kappa shape index (κ2) is 8.20. The summed E-state index contributed by atoms with van der Waals surface area (Å²) in [6.45, 7) is 7.39. The highest BCUT2D eigenvalue weighted by Crippen LogP contribution is 2.23. The molecule has 0 bridgehead atoms. The van der Waals surface area contributed by atoms with Crippen LogP contribution < -0.4 is 0 Å². The van der Waals surface area contributed by atoms with Crippen LogP contribution in [0, 0.1) is 0 Å². The van der Waals surface area contributed by atoms with Crippen molar-refractivity contribution in [1.29, 1.82) is 0 Å². The van der Waals surface area contributed by atoms with E-state index < -0.39 is 0 Å². The molecule has 6 nitrogen and oxygen atoms in total. The average Bonchev–Trinajstić information content (AvgIpc) is 3.42. The average molecular weight is 438 g/mol. The summed E-state index contributed by atoms with van der Waals surface area (Å²) >= 11 is 0. The molecule has 1 aromatic carbocycles. The lowest BCUT2D eigenvalue weighted by Crippen LogP contribution is -2.31. The van der Waals surface area contributed by atoms with Crippen molar-refractivity contribution in [3.63, 3.8) is 0 Å². The molecule has 6 heteroatoms. The monoisotopic (exact) mass is 437 g/mol. The molecule has 33 heavy (non-hydrogen) atoms. The molecule has 0 atom stereocenters. The Morgan fingerprint density at radius 2 is 1.30 bits per heavy atom. The van der Waals surface area contributed by atoms with Crippen LogP contribution in [0.3, 0.4) is 0 Å². The normalized spacial score (nSPS) is 11.8. The Bertz CT molecular complexity index is 1350. The van der Waals surface area contributed by atoms with Crippen LogP contribution in [-0.2, 0) is 18.5 Å². The third kappa shape index (κ3) is 4.12. The van der Waals surface area contributed by atoms with E-state index in [1.54, 1.807) is 0 Å². The zero-order valence-electron chi connectivity index (χ0n) is 19.1. The van der Waals surface area contributed by atoms with Gasteiger partial charge in [-0.3, -0.25) is 4.79 Å². The van der Waals surface area contributed by atoms with Crippen LogP contribution in [-0.4, -0.2) is 29.6 Å². The van der Waals surface area contributed by atoms with Gasteiger partial charge in [-0.1, -0.05) is 45.0 Å². The van der Waals surface area contributed by atoms with E-state index in [1.165, 1.54) is 5.56 Å². The van der Waals surface area contributed by atoms with Gasteiger partial charge in [0.15, 0.2) is 0 Å². The van der Waals surface area contributed by atoms with Gasteiger partial charge in [-0.15, -0.1) is 0 Å². The number of fused-ring (bicyclic) bond motifs is 2. The zero-order valence-corrected chi connectivity index (χ0v) is 19.1. The van der Waals surface area contributed by atoms with Crippen molar-refractivity contribution in [3.8, 4) is 0 Å². The van der Waals surface area contributed by atoms with Gasteiger partial charge in [0, 0.05) is 18.0 Å². The van der Waals surface area contributed by atoms with Crippen molar-refractivity contribution in [2.24, 2.45) is 0 Å². The summed E-state index contributed by atoms with van der Waals surface area (Å²) in [7, 11) is 0. The Morgan fingerprint density at radius 3 is 1.79 bits per heavy atom. The quantitative estimate of drug-likeness (QED) is 0.383. The number of carbonyl (C=O) groups excluding carboxylic acids is 1. The maximum absolute atomic E-state index is 13.7. The van der Waals surface area contributed by atoms with Gasteiger partial charge in [-0.05, 0) is 47.4 Å². The Hall–Kier alpha value is -3.93. The first kappa shape index (κ1) is 20.9. The van der Waals surface area contributed by atoms with Crippen LogP contribution in [0.1, 0.15) is 48.1 Å². The molecule has 0 spiro atoms. The van der Waals surface area contributed by atoms with E-state index in [9.17, 15) is 4.79 Å². The van der Waals surface area contributed by atoms with Crippen molar-refractivity contribution < 1.29 is 4.79 Å². The molecule has 0 saturated heterocycles. The summed E-state index contributed by atoms with van der Waals surface area (Å²) in [6.07, 6.45) is 7.64. The maximum Gasteiger partial charge on any atom is 0.254 e. The third-order valence-electron chi connectivity index (χ3n) is 5.98. The van der Waals surface area contributed by atoms with Gasteiger partial charge in [0.25, 0.3) is 5.91 Å². The maximum atomic E-state index is 13.7. The van der Waals surface area contributed by atoms with E-state index in [0.29, 0.717) is 18.7 Å². The predicted octanol–water partition coefficient (Wildman–Crippen LogP) is 5.12. The standard InChI is InChI=1S/C27H27N5O/c1-27(2,3)21-12-10-20(11-13-21)26(33)30(18-22-16-28-24-8-4-6-14-31(22)24)19-23-17-29-25-9-5-7-15-32(23)25/h4-17H,18-19H2,1-3H3. The molecule has 0 aliphatic heterocycles. The molecule has 0 aliphatic rings. The largest absolute Gasteiger partial charge is 0.327 e. The minimum absolute atomic E-state index is 0.0211. The Balaban J connectivity index is 1.50. The van der Waals surface area contributed by atoms with Crippen LogP contribution in [0.25, 0.3) is 11.3 Å². The highest BCUT2D eigenvalue weighted by molar-refractivity contribution is 5.94. The molecule has 5 aromatic rings. The highest BCUT2D eigenvalue weighted by atomic mass is 16.2. The molecule has 1 amide bonds. The van der Waals surface area contributed by atoms with Crippen molar-refractivity contribution in [1.82, 2.24) is 23.7 Å². The molecule has 0 aliphatic carbocycles. The molecule has 0 radical (unpaired) electrons. The van der Waals surface area contributed by atoms with Crippen LogP contribution in [0.5, 0.6) is 0 Å². The van der Waals surface area contributed by atoms with Gasteiger partial charge < -0.3 is 13.7 Å². The first-order valence-electron chi connectivity index (χ1n) is 11.1. The molecule has 4 aromatic heterocycles. The lowest BCUT2D eigenvalue weighted by Gasteiger charge is -2.24. The van der Waals surface area contributed by atoms with Crippen LogP contribution in [0.15, 0.2) is 85.5 Å². The zero-order chi connectivity index (χ0) is 23.0. The van der Waals surface area contributed by atoms with Gasteiger partial charge in [-0.2, -0.15) is 0 Å². The predicted molar refractivity (Wildman–Crippen MR) is 129 cm³/mol. The second-order valence-corrected chi connectivity index (χ2v) is 9.35. The number of rotatable bonds is 5. The smallest absolute Gasteiger partial charge is 0.254 e. The summed E-state index contributed by atoms with van der Waals surface area (Å²) in [4.78, 5) is 24.6. The minimum Gasteiger partial charge on any atom is -0.327 e. The number of nitrogens with zero attached hydrogens (tertiary/aromatic N) is 5. The number of benzene rings is 1. The van der Waals surface area contributed by atoms with E-state index in [0.717, 1.165) is 22.7 Å². The van der Waals surface area contributed by atoms with Crippen molar-refractivity contribution in [3.05, 3.63) is 108 Å². The Morgan fingerprint density at radius 1 is 0.788 bits per heavy atom. The summed E-state index contributed by atoms with van der Waals surface area (Å²) in [5.41, 5.74) is 5.56. The summed E-state index contributed by atoms with van der Waals surface area (Å²) in [5.74, 6) is -0.0211. The van der Waals surface area contributed by atoms with Gasteiger partial charge in [0.05, 0.1) is 36.9 Å². The molecule has 0 fully saturated rings. The lowest BCUT2D eigenvalue weighted by atomic mass is 9.86. The number of aromatic nitrogens is 4. The SMILES string of the molecule is CC(C)(C)c1ccc(C(=O)N(Cc2cnc3ccccn23)Cc2cnc3ccccn23)cc1. The number of amides is 1. The van der Waals surface area contributed by atoms with Gasteiger partial charge >= 0.3 is 0 Å². The van der Waals surface area contributed by atoms with Crippen LogP contribution >= 0.6 is 0 Å². The molecule has 5 rings (SSSR count). The van der Waals surface area contributed by atoms with Gasteiger partial charge in [0.1, 0.15) is 11.3 Å². The van der Waals surface area contributed by atoms with Crippen molar-refractivity contribution in [2.45, 2.75) is 39.3 Å². The van der Waals surface area contributed by atoms with Crippen molar-refractivity contribution in [2.75, 3.05) is 0 Å². The van der Waals surface area contributed by atoms with E-state index in [2.05, 4.69) is 30.7 Å². The lowest BCUT2D eigenvalue weighted by molar-refractivity contribution is 0.0725. The number of pyridine rings is 2. The van der Waals surface area contributed by atoms with Gasteiger partial charge in [0.2, 0.25) is 0 Å². The minimum atomic E-state index is -0.0211. The molecule has 0 N–H and O–H groups in total. The van der Waals surface area contributed by atoms with E-state index in [1.807, 2.05) is 99.2 Å². The number of imidazole rings is 2. The summed E-state index contributed by atoms with van der Waals surface area (Å²) < 4.78 is 4.05. The summed E-state index contributed by atoms with van der Waals surface area (Å²) in [5, 5.41) is 0. The number of hydrogen-bond acceptors (Lipinski definition) is 3. The highest BCUT2D eigenvalue weighted by Gasteiger charge is 2.21. The molecular formula is C27H27N5O. The summed E-state index contributed by atoms with van der Waals surface area (Å²) in [6, 6.07) is 19.8. The first-order valence-corrected chi connectivity index (χ1v) is 11.1. The van der Waals surface area contributed by atoms with Gasteiger partial charge in [-0.25, -0.2) is 9.97 Å². The number of hydrogen-bond donors (Lipinski definition) is 0. The molecule has 166 valence electrons. The molecular weight excluding hydrogens is 410 g/mol. The molecule has 4 heterocycles. The fourth-order valence-corrected chi connectivity index (χ4v) is 4.09. The fraction of sp³-hybridized carbons (Fsp3) is 0.222. The Labute approximate surface area is 193 Å². The number of carbonyl (C=O) groups is 1. The topological polar surface area (TPSA) is 54.9 Å². The first-order chi connectivity index (χ1) is 15.9.